The maximum Gasteiger partial charge on any atom is 0.252 e. The third-order valence-electron chi connectivity index (χ3n) is 1.98. The summed E-state index contributed by atoms with van der Waals surface area (Å²) in [7, 11) is -3.52. The maximum atomic E-state index is 12.1. The van der Waals surface area contributed by atoms with Crippen LogP contribution in [0, 0.1) is 0 Å². The summed E-state index contributed by atoms with van der Waals surface area (Å²) in [6, 6.07) is 0. The molecule has 0 aromatic rings. The molecule has 84 valence electrons. The summed E-state index contributed by atoms with van der Waals surface area (Å²) in [5.41, 5.74) is 0. The quantitative estimate of drug-likeness (QED) is 0.664. The lowest BCUT2D eigenvalue weighted by atomic mass is 10.6. The molecule has 14 heavy (non-hydrogen) atoms. The molecule has 0 saturated heterocycles. The second-order valence-corrected chi connectivity index (χ2v) is 5.77. The van der Waals surface area contributed by atoms with Crippen molar-refractivity contribution in [3.05, 3.63) is 0 Å². The molecule has 0 N–H and O–H groups in total. The number of nitrogens with zero attached hydrogens (tertiary/aromatic N) is 1. The van der Waals surface area contributed by atoms with Crippen molar-refractivity contribution in [3.63, 3.8) is 0 Å². The number of rotatable bonds is 6. The number of hydrogen-bond acceptors (Lipinski definition) is 2. The van der Waals surface area contributed by atoms with E-state index in [1.54, 1.807) is 0 Å². The van der Waals surface area contributed by atoms with Crippen LogP contribution >= 0.6 is 11.6 Å². The lowest BCUT2D eigenvalue weighted by molar-refractivity contribution is 0.121. The van der Waals surface area contributed by atoms with Crippen LogP contribution in [-0.4, -0.2) is 43.4 Å². The summed E-state index contributed by atoms with van der Waals surface area (Å²) in [6.07, 6.45) is -1.50. The van der Waals surface area contributed by atoms with Gasteiger partial charge in [-0.05, 0) is 12.8 Å². The third kappa shape index (κ3) is 3.03. The molecule has 0 spiro atoms. The predicted octanol–water partition coefficient (Wildman–Crippen LogP) is 1.28. The van der Waals surface area contributed by atoms with Crippen LogP contribution in [0.25, 0.3) is 0 Å². The first kappa shape index (κ1) is 12.1. The first-order valence-corrected chi connectivity index (χ1v) is 6.35. The fraction of sp³-hybridized carbons (Fsp3) is 1.00. The molecule has 1 aliphatic rings. The van der Waals surface area contributed by atoms with Gasteiger partial charge in [0.2, 0.25) is 10.0 Å². The highest BCUT2D eigenvalue weighted by Gasteiger charge is 2.40. The zero-order chi connectivity index (χ0) is 10.8. The smallest absolute Gasteiger partial charge is 0.212 e. The molecule has 0 unspecified atom stereocenters. The Labute approximate surface area is 87.1 Å². The molecule has 0 aliphatic heterocycles. The van der Waals surface area contributed by atoms with Gasteiger partial charge in [-0.1, -0.05) is 0 Å². The minimum atomic E-state index is -3.52. The first-order chi connectivity index (χ1) is 6.48. The highest BCUT2D eigenvalue weighted by molar-refractivity contribution is 7.90. The lowest BCUT2D eigenvalue weighted by Gasteiger charge is -2.20. The largest absolute Gasteiger partial charge is 0.252 e. The Morgan fingerprint density at radius 3 is 2.36 bits per heavy atom. The molecule has 0 amide bonds. The van der Waals surface area contributed by atoms with E-state index in [-0.39, 0.29) is 12.4 Å². The zero-order valence-electron chi connectivity index (χ0n) is 7.50. The van der Waals surface area contributed by atoms with Crippen molar-refractivity contribution < 1.29 is 17.2 Å². The summed E-state index contributed by atoms with van der Waals surface area (Å²) in [5, 5.41) is -0.454. The molecule has 1 fully saturated rings. The van der Waals surface area contributed by atoms with Gasteiger partial charge >= 0.3 is 0 Å². The summed E-state index contributed by atoms with van der Waals surface area (Å²) in [4.78, 5) is 0. The zero-order valence-corrected chi connectivity index (χ0v) is 9.07. The standard InChI is InChI=1S/C7H12ClF2NO2S/c8-3-4-11(5-7(9)10)14(12,13)6-1-2-6/h6-7H,1-5H2. The highest BCUT2D eigenvalue weighted by Crippen LogP contribution is 2.31. The van der Waals surface area contributed by atoms with Gasteiger partial charge in [0.15, 0.2) is 0 Å². The topological polar surface area (TPSA) is 37.4 Å². The van der Waals surface area contributed by atoms with E-state index in [9.17, 15) is 17.2 Å². The molecule has 1 saturated carbocycles. The van der Waals surface area contributed by atoms with Crippen LogP contribution in [0.4, 0.5) is 8.78 Å². The number of sulfonamides is 1. The number of halogens is 3. The van der Waals surface area contributed by atoms with E-state index in [1.165, 1.54) is 0 Å². The van der Waals surface area contributed by atoms with Crippen LogP contribution in [0.5, 0.6) is 0 Å². The van der Waals surface area contributed by atoms with Gasteiger partial charge in [0.05, 0.1) is 11.8 Å². The number of alkyl halides is 3. The van der Waals surface area contributed by atoms with Crippen LogP contribution in [-0.2, 0) is 10.0 Å². The Morgan fingerprint density at radius 2 is 2.00 bits per heavy atom. The Morgan fingerprint density at radius 1 is 1.43 bits per heavy atom. The van der Waals surface area contributed by atoms with Crippen molar-refractivity contribution in [2.75, 3.05) is 19.0 Å². The molecule has 0 aromatic carbocycles. The van der Waals surface area contributed by atoms with E-state index in [2.05, 4.69) is 0 Å². The van der Waals surface area contributed by atoms with Crippen LogP contribution < -0.4 is 0 Å². The summed E-state index contributed by atoms with van der Waals surface area (Å²) in [5.74, 6) is 0.0403. The van der Waals surface area contributed by atoms with Gasteiger partial charge in [0.25, 0.3) is 6.43 Å². The molecule has 0 radical (unpaired) electrons. The second-order valence-electron chi connectivity index (χ2n) is 3.18. The Balaban J connectivity index is 2.65. The normalized spacial score (nSPS) is 18.1. The van der Waals surface area contributed by atoms with E-state index >= 15 is 0 Å². The van der Waals surface area contributed by atoms with Gasteiger partial charge in [-0.25, -0.2) is 17.2 Å². The maximum absolute atomic E-state index is 12.1. The lowest BCUT2D eigenvalue weighted by Crippen LogP contribution is -2.38. The average Bonchev–Trinajstić information content (AvgIpc) is 2.84. The van der Waals surface area contributed by atoms with E-state index in [4.69, 9.17) is 11.6 Å². The van der Waals surface area contributed by atoms with Crippen molar-refractivity contribution in [3.8, 4) is 0 Å². The molecule has 1 aliphatic carbocycles. The van der Waals surface area contributed by atoms with Gasteiger partial charge < -0.3 is 0 Å². The van der Waals surface area contributed by atoms with Crippen LogP contribution in [0.15, 0.2) is 0 Å². The molecule has 0 aromatic heterocycles. The second kappa shape index (κ2) is 4.72. The summed E-state index contributed by atoms with van der Waals surface area (Å²) < 4.78 is 48.0. The van der Waals surface area contributed by atoms with Gasteiger partial charge in [-0.15, -0.1) is 11.6 Å². The first-order valence-electron chi connectivity index (χ1n) is 4.31. The van der Waals surface area contributed by atoms with E-state index in [0.717, 1.165) is 4.31 Å². The van der Waals surface area contributed by atoms with Gasteiger partial charge in [0, 0.05) is 12.4 Å². The van der Waals surface area contributed by atoms with Crippen molar-refractivity contribution in [1.82, 2.24) is 4.31 Å². The SMILES string of the molecule is O=S(=O)(C1CC1)N(CCCl)CC(F)F. The van der Waals surface area contributed by atoms with Crippen molar-refractivity contribution in [2.45, 2.75) is 24.5 Å². The van der Waals surface area contributed by atoms with Crippen molar-refractivity contribution in [1.29, 1.82) is 0 Å². The fourth-order valence-corrected chi connectivity index (χ4v) is 3.27. The molecule has 3 nitrogen and oxygen atoms in total. The van der Waals surface area contributed by atoms with Crippen LogP contribution in [0.3, 0.4) is 0 Å². The Bertz CT molecular complexity index is 279. The third-order valence-corrected chi connectivity index (χ3v) is 4.52. The van der Waals surface area contributed by atoms with Crippen LogP contribution in [0.2, 0.25) is 0 Å². The van der Waals surface area contributed by atoms with Gasteiger partial charge in [-0.3, -0.25) is 0 Å². The average molecular weight is 248 g/mol. The van der Waals surface area contributed by atoms with Gasteiger partial charge in [-0.2, -0.15) is 4.31 Å². The highest BCUT2D eigenvalue weighted by atomic mass is 35.5. The van der Waals surface area contributed by atoms with Crippen molar-refractivity contribution in [2.24, 2.45) is 0 Å². The minimum absolute atomic E-state index is 0.0370. The Hall–Kier alpha value is 0.0600. The summed E-state index contributed by atoms with van der Waals surface area (Å²) in [6.45, 7) is -0.781. The molecule has 7 heteroatoms. The molecule has 1 rings (SSSR count). The molecule has 0 atom stereocenters. The van der Waals surface area contributed by atoms with Gasteiger partial charge in [0.1, 0.15) is 0 Å². The van der Waals surface area contributed by atoms with Crippen molar-refractivity contribution >= 4 is 21.6 Å². The molecule has 0 bridgehead atoms. The monoisotopic (exact) mass is 247 g/mol. The molecular weight excluding hydrogens is 236 g/mol. The number of hydrogen-bond donors (Lipinski definition) is 0. The van der Waals surface area contributed by atoms with E-state index in [1.807, 2.05) is 0 Å². The van der Waals surface area contributed by atoms with Crippen LogP contribution in [0.1, 0.15) is 12.8 Å². The fourth-order valence-electron chi connectivity index (χ4n) is 1.15. The van der Waals surface area contributed by atoms with E-state index in [0.29, 0.717) is 12.8 Å². The summed E-state index contributed by atoms with van der Waals surface area (Å²) >= 11 is 5.36. The minimum Gasteiger partial charge on any atom is -0.212 e. The van der Waals surface area contributed by atoms with E-state index < -0.39 is 28.2 Å². The molecule has 0 heterocycles. The Kier molecular flexibility index (Phi) is 4.09. The predicted molar refractivity (Wildman–Crippen MR) is 50.2 cm³/mol. The molecular formula is C7H12ClF2NO2S.